The van der Waals surface area contributed by atoms with E-state index in [-0.39, 0.29) is 0 Å². The normalized spacial score (nSPS) is 15.0. The first-order valence-electron chi connectivity index (χ1n) is 10.0. The third-order valence-corrected chi connectivity index (χ3v) is 5.33. The average molecular weight is 397 g/mol. The molecule has 8 heteroatoms. The monoisotopic (exact) mass is 397 g/mol. The van der Waals surface area contributed by atoms with Crippen LogP contribution in [0.2, 0.25) is 0 Å². The van der Waals surface area contributed by atoms with Crippen molar-refractivity contribution in [2.45, 2.75) is 38.1 Å². The van der Waals surface area contributed by atoms with Gasteiger partial charge in [-0.05, 0) is 18.9 Å². The van der Waals surface area contributed by atoms with Crippen molar-refractivity contribution in [1.82, 2.24) is 15.0 Å². The van der Waals surface area contributed by atoms with Gasteiger partial charge >= 0.3 is 0 Å². The maximum Gasteiger partial charge on any atom is 0.225 e. The van der Waals surface area contributed by atoms with Crippen molar-refractivity contribution in [3.63, 3.8) is 0 Å². The number of nitrogens with two attached hydrogens (primary N) is 1. The van der Waals surface area contributed by atoms with E-state index in [0.717, 1.165) is 34.6 Å². The summed E-state index contributed by atoms with van der Waals surface area (Å²) in [6.07, 6.45) is 7.74. The highest BCUT2D eigenvalue weighted by molar-refractivity contribution is 6.07. The lowest BCUT2D eigenvalue weighted by atomic mass is 9.96. The van der Waals surface area contributed by atoms with Crippen LogP contribution >= 0.6 is 0 Å². The van der Waals surface area contributed by atoms with Crippen molar-refractivity contribution in [2.24, 2.45) is 0 Å². The van der Waals surface area contributed by atoms with Gasteiger partial charge in [0.1, 0.15) is 12.4 Å². The van der Waals surface area contributed by atoms with Gasteiger partial charge < -0.3 is 25.3 Å². The standard InChI is InChI=1S/C21H27N5O3/c1-27-8-9-29-18-11-16-14(10-17(18)28-2)19-15(12-23-16)20(22)26-21(25-19)24-13-6-4-3-5-7-13/h10-13H,3-9H2,1-2H3,(H3,22,24,25,26). The SMILES string of the molecule is COCCOc1cc2ncc3c(N)nc(NC4CCCCC4)nc3c2cc1OC. The molecule has 2 aromatic heterocycles. The Bertz CT molecular complexity index is 1000. The zero-order chi connectivity index (χ0) is 20.2. The molecule has 3 aromatic rings. The van der Waals surface area contributed by atoms with Crippen LogP contribution in [0, 0.1) is 0 Å². The smallest absolute Gasteiger partial charge is 0.225 e. The van der Waals surface area contributed by atoms with Crippen LogP contribution in [0.5, 0.6) is 11.5 Å². The number of anilines is 2. The van der Waals surface area contributed by atoms with Crippen LogP contribution < -0.4 is 20.5 Å². The van der Waals surface area contributed by atoms with Gasteiger partial charge in [-0.25, -0.2) is 4.98 Å². The van der Waals surface area contributed by atoms with Gasteiger partial charge in [0.2, 0.25) is 5.95 Å². The fourth-order valence-electron chi connectivity index (χ4n) is 3.80. The lowest BCUT2D eigenvalue weighted by Crippen LogP contribution is -2.23. The minimum atomic E-state index is 0.393. The molecule has 0 saturated heterocycles. The van der Waals surface area contributed by atoms with Crippen LogP contribution in [-0.2, 0) is 4.74 Å². The molecule has 0 aliphatic heterocycles. The van der Waals surface area contributed by atoms with Crippen molar-refractivity contribution in [2.75, 3.05) is 38.5 Å². The number of hydrogen-bond acceptors (Lipinski definition) is 8. The lowest BCUT2D eigenvalue weighted by Gasteiger charge is -2.23. The second-order valence-electron chi connectivity index (χ2n) is 7.29. The van der Waals surface area contributed by atoms with E-state index in [1.165, 1.54) is 19.3 Å². The quantitative estimate of drug-likeness (QED) is 0.461. The van der Waals surface area contributed by atoms with Crippen LogP contribution in [0.3, 0.4) is 0 Å². The van der Waals surface area contributed by atoms with Crippen LogP contribution in [0.25, 0.3) is 21.8 Å². The van der Waals surface area contributed by atoms with Crippen molar-refractivity contribution in [3.8, 4) is 11.5 Å². The molecule has 0 amide bonds. The predicted octanol–water partition coefficient (Wildman–Crippen LogP) is 3.54. The van der Waals surface area contributed by atoms with Crippen LogP contribution in [0.4, 0.5) is 11.8 Å². The van der Waals surface area contributed by atoms with Gasteiger partial charge in [0, 0.05) is 30.8 Å². The summed E-state index contributed by atoms with van der Waals surface area (Å²) in [6.45, 7) is 0.919. The van der Waals surface area contributed by atoms with E-state index in [1.807, 2.05) is 12.1 Å². The van der Waals surface area contributed by atoms with Gasteiger partial charge in [-0.3, -0.25) is 4.98 Å². The summed E-state index contributed by atoms with van der Waals surface area (Å²) >= 11 is 0. The minimum absolute atomic E-state index is 0.393. The molecule has 0 unspecified atom stereocenters. The first-order valence-corrected chi connectivity index (χ1v) is 10.0. The summed E-state index contributed by atoms with van der Waals surface area (Å²) in [6, 6.07) is 4.14. The minimum Gasteiger partial charge on any atom is -0.493 e. The second kappa shape index (κ2) is 8.65. The van der Waals surface area contributed by atoms with Crippen molar-refractivity contribution in [3.05, 3.63) is 18.3 Å². The average Bonchev–Trinajstić information content (AvgIpc) is 2.74. The zero-order valence-corrected chi connectivity index (χ0v) is 16.9. The number of benzene rings is 1. The summed E-state index contributed by atoms with van der Waals surface area (Å²) in [4.78, 5) is 13.8. The number of pyridine rings is 1. The summed E-state index contributed by atoms with van der Waals surface area (Å²) < 4.78 is 16.4. The fraction of sp³-hybridized carbons (Fsp3) is 0.476. The van der Waals surface area contributed by atoms with E-state index in [0.29, 0.717) is 42.5 Å². The Balaban J connectivity index is 1.75. The molecule has 1 aliphatic rings. The molecule has 0 spiro atoms. The number of methoxy groups -OCH3 is 2. The van der Waals surface area contributed by atoms with E-state index in [9.17, 15) is 0 Å². The summed E-state index contributed by atoms with van der Waals surface area (Å²) in [5, 5.41) is 5.03. The van der Waals surface area contributed by atoms with Crippen LogP contribution in [-0.4, -0.2) is 48.4 Å². The first kappa shape index (κ1) is 19.4. The molecule has 0 atom stereocenters. The molecular formula is C21H27N5O3. The van der Waals surface area contributed by atoms with Crippen molar-refractivity contribution >= 4 is 33.6 Å². The third-order valence-electron chi connectivity index (χ3n) is 5.33. The van der Waals surface area contributed by atoms with Crippen LogP contribution in [0.1, 0.15) is 32.1 Å². The maximum atomic E-state index is 6.23. The van der Waals surface area contributed by atoms with Gasteiger partial charge in [0.25, 0.3) is 0 Å². The molecule has 1 saturated carbocycles. The molecule has 8 nitrogen and oxygen atoms in total. The summed E-state index contributed by atoms with van der Waals surface area (Å²) in [5.41, 5.74) is 7.74. The van der Waals surface area contributed by atoms with E-state index in [2.05, 4.69) is 15.3 Å². The Kier molecular flexibility index (Phi) is 5.80. The number of nitrogens with one attached hydrogen (secondary N) is 1. The molecule has 154 valence electrons. The topological polar surface area (TPSA) is 104 Å². The molecule has 0 bridgehead atoms. The lowest BCUT2D eigenvalue weighted by molar-refractivity contribution is 0.144. The number of aromatic nitrogens is 3. The van der Waals surface area contributed by atoms with Crippen molar-refractivity contribution in [1.29, 1.82) is 0 Å². The highest BCUT2D eigenvalue weighted by Crippen LogP contribution is 2.35. The van der Waals surface area contributed by atoms with Crippen molar-refractivity contribution < 1.29 is 14.2 Å². The largest absolute Gasteiger partial charge is 0.493 e. The Morgan fingerprint density at radius 2 is 1.86 bits per heavy atom. The second-order valence-corrected chi connectivity index (χ2v) is 7.29. The number of fused-ring (bicyclic) bond motifs is 3. The van der Waals surface area contributed by atoms with Gasteiger partial charge in [0.05, 0.1) is 30.1 Å². The van der Waals surface area contributed by atoms with E-state index < -0.39 is 0 Å². The maximum absolute atomic E-state index is 6.23. The Labute approximate surface area is 169 Å². The van der Waals surface area contributed by atoms with Gasteiger partial charge in [-0.1, -0.05) is 19.3 Å². The number of hydrogen-bond donors (Lipinski definition) is 2. The van der Waals surface area contributed by atoms with Gasteiger partial charge in [0.15, 0.2) is 11.5 Å². The molecule has 1 fully saturated rings. The van der Waals surface area contributed by atoms with E-state index in [4.69, 9.17) is 24.9 Å². The first-order chi connectivity index (χ1) is 14.2. The van der Waals surface area contributed by atoms with Gasteiger partial charge in [-0.15, -0.1) is 0 Å². The van der Waals surface area contributed by atoms with Gasteiger partial charge in [-0.2, -0.15) is 4.98 Å². The molecule has 29 heavy (non-hydrogen) atoms. The highest BCUT2D eigenvalue weighted by atomic mass is 16.5. The molecule has 2 heterocycles. The Morgan fingerprint density at radius 1 is 1.03 bits per heavy atom. The molecular weight excluding hydrogens is 370 g/mol. The molecule has 1 aliphatic carbocycles. The molecule has 3 N–H and O–H groups in total. The number of nitrogens with zero attached hydrogens (tertiary/aromatic N) is 3. The fourth-order valence-corrected chi connectivity index (χ4v) is 3.80. The highest BCUT2D eigenvalue weighted by Gasteiger charge is 2.17. The zero-order valence-electron chi connectivity index (χ0n) is 16.9. The van der Waals surface area contributed by atoms with E-state index in [1.54, 1.807) is 20.4 Å². The predicted molar refractivity (Wildman–Crippen MR) is 114 cm³/mol. The summed E-state index contributed by atoms with van der Waals surface area (Å²) in [7, 11) is 3.25. The molecule has 1 aromatic carbocycles. The number of ether oxygens (including phenoxy) is 3. The summed E-state index contributed by atoms with van der Waals surface area (Å²) in [5.74, 6) is 2.21. The molecule has 4 rings (SSSR count). The number of rotatable bonds is 7. The third kappa shape index (κ3) is 4.12. The van der Waals surface area contributed by atoms with E-state index >= 15 is 0 Å². The molecule has 0 radical (unpaired) electrons. The Hall–Kier alpha value is -2.87. The number of nitrogen functional groups attached to an aromatic ring is 1. The Morgan fingerprint density at radius 3 is 2.62 bits per heavy atom. The van der Waals surface area contributed by atoms with Crippen LogP contribution in [0.15, 0.2) is 18.3 Å².